The fraction of sp³-hybridized carbons (Fsp3) is 0.469. The van der Waals surface area contributed by atoms with Gasteiger partial charge in [-0.15, -0.1) is 0 Å². The Bertz CT molecular complexity index is 2330. The smallest absolute Gasteiger partial charge is 0.0520 e. The summed E-state index contributed by atoms with van der Waals surface area (Å²) in [5.74, 6) is 1.21. The van der Waals surface area contributed by atoms with Crippen molar-refractivity contribution in [1.82, 2.24) is 0 Å². The maximum atomic E-state index is 2.60. The summed E-state index contributed by atoms with van der Waals surface area (Å²) in [4.78, 5) is 5.20. The van der Waals surface area contributed by atoms with Crippen LogP contribution in [0.25, 0.3) is 10.8 Å². The van der Waals surface area contributed by atoms with Gasteiger partial charge in [-0.2, -0.15) is 0 Å². The molecular weight excluding hydrogens is 797 g/mol. The second-order valence-corrected chi connectivity index (χ2v) is 22.3. The lowest BCUT2D eigenvalue weighted by Gasteiger charge is -2.33. The molecule has 0 saturated heterocycles. The lowest BCUT2D eigenvalue weighted by molar-refractivity contribution is 0.449. The average Bonchev–Trinajstić information content (AvgIpc) is 3.26. The molecule has 0 aliphatic carbocycles. The van der Waals surface area contributed by atoms with E-state index in [2.05, 4.69) is 218 Å². The van der Waals surface area contributed by atoms with Gasteiger partial charge in [0.2, 0.25) is 0 Å². The molecule has 0 fully saturated rings. The second kappa shape index (κ2) is 21.4. The number of fused-ring (bicyclic) bond motifs is 1. The molecule has 6 aromatic carbocycles. The van der Waals surface area contributed by atoms with Gasteiger partial charge in [0.25, 0.3) is 0 Å². The van der Waals surface area contributed by atoms with E-state index in [0.29, 0.717) is 11.8 Å². The molecular formula is C64H86N2. The van der Waals surface area contributed by atoms with Crippen molar-refractivity contribution in [1.29, 1.82) is 0 Å². The quantitative estimate of drug-likeness (QED) is 0.0849. The fourth-order valence-electron chi connectivity index (χ4n) is 10.4. The lowest BCUT2D eigenvalue weighted by Crippen LogP contribution is -2.18. The van der Waals surface area contributed by atoms with E-state index < -0.39 is 0 Å². The minimum absolute atomic E-state index is 0.0604. The molecule has 0 spiro atoms. The first-order valence-electron chi connectivity index (χ1n) is 25.8. The maximum absolute atomic E-state index is 2.60. The van der Waals surface area contributed by atoms with Crippen molar-refractivity contribution in [3.63, 3.8) is 0 Å². The first kappa shape index (κ1) is 50.6. The Kier molecular flexibility index (Phi) is 16.4. The Balaban J connectivity index is 1.74. The second-order valence-electron chi connectivity index (χ2n) is 22.3. The van der Waals surface area contributed by atoms with Crippen LogP contribution in [0.3, 0.4) is 0 Å². The molecule has 6 rings (SSSR count). The zero-order valence-corrected chi connectivity index (χ0v) is 44.4. The van der Waals surface area contributed by atoms with Crippen LogP contribution < -0.4 is 9.80 Å². The molecule has 0 aromatic heterocycles. The number of nitrogens with zero attached hydrogens (tertiary/aromatic N) is 2. The van der Waals surface area contributed by atoms with Crippen LogP contribution in [-0.2, 0) is 23.7 Å². The molecule has 66 heavy (non-hydrogen) atoms. The van der Waals surface area contributed by atoms with Crippen molar-refractivity contribution in [2.45, 2.75) is 186 Å². The van der Waals surface area contributed by atoms with Gasteiger partial charge in [0.15, 0.2) is 0 Å². The van der Waals surface area contributed by atoms with Crippen LogP contribution in [0.2, 0.25) is 0 Å². The summed E-state index contributed by atoms with van der Waals surface area (Å²) in [5, 5.41) is 2.82. The van der Waals surface area contributed by atoms with Gasteiger partial charge < -0.3 is 9.80 Å². The van der Waals surface area contributed by atoms with E-state index >= 15 is 0 Å². The van der Waals surface area contributed by atoms with E-state index in [1.807, 2.05) is 0 Å². The minimum atomic E-state index is 0.0604. The molecule has 0 amide bonds. The maximum Gasteiger partial charge on any atom is 0.0520 e. The fourth-order valence-corrected chi connectivity index (χ4v) is 10.4. The summed E-state index contributed by atoms with van der Waals surface area (Å²) in [6.07, 6.45) is 12.0. The standard InChI is InChI=1S/C64H86N2/c1-17-21-23-49(19-3)37-51-39-57(65(55-29-25-43(5)26-30-55)61-45(7)33-53(34-46(61)8)63(11,12)13)42-60-52(38-50(20-4)24-22-18-2)40-58(41-59(51)60)66(56-31-27-44(6)28-32-56)62-47(9)35-54(36-48(62)10)64(14,15)16/h25-36,39-42,49-50H,17-24,37-38H2,1-16H3. The van der Waals surface area contributed by atoms with E-state index in [4.69, 9.17) is 0 Å². The normalized spacial score (nSPS) is 13.0. The number of hydrogen-bond acceptors (Lipinski definition) is 2. The zero-order chi connectivity index (χ0) is 48.1. The number of anilines is 6. The number of rotatable bonds is 18. The SMILES string of the molecule is CCCCC(CC)Cc1cc(N(c2ccc(C)cc2)c2c(C)cc(C(C)(C)C)cc2C)cc2c(CC(CC)CCCC)cc(N(c3ccc(C)cc3)c3c(C)cc(C(C)(C)C)cc3C)cc12. The highest BCUT2D eigenvalue weighted by atomic mass is 15.2. The largest absolute Gasteiger partial charge is 0.310 e. The van der Waals surface area contributed by atoms with Crippen molar-refractivity contribution < 1.29 is 0 Å². The number of benzene rings is 6. The lowest BCUT2D eigenvalue weighted by atomic mass is 9.84. The molecule has 2 heteroatoms. The zero-order valence-electron chi connectivity index (χ0n) is 44.4. The predicted octanol–water partition coefficient (Wildman–Crippen LogP) is 19.7. The molecule has 0 aliphatic heterocycles. The molecule has 2 nitrogen and oxygen atoms in total. The minimum Gasteiger partial charge on any atom is -0.310 e. The summed E-state index contributed by atoms with van der Waals surface area (Å²) in [6.45, 7) is 37.2. The summed E-state index contributed by atoms with van der Waals surface area (Å²) < 4.78 is 0. The van der Waals surface area contributed by atoms with Crippen LogP contribution in [0.4, 0.5) is 34.1 Å². The topological polar surface area (TPSA) is 6.48 Å². The molecule has 352 valence electrons. The number of hydrogen-bond donors (Lipinski definition) is 0. The highest BCUT2D eigenvalue weighted by molar-refractivity contribution is 5.98. The Hall–Kier alpha value is -4.82. The van der Waals surface area contributed by atoms with E-state index in [-0.39, 0.29) is 10.8 Å². The van der Waals surface area contributed by atoms with Crippen molar-refractivity contribution in [3.05, 3.63) is 153 Å². The van der Waals surface area contributed by atoms with Crippen LogP contribution in [0.5, 0.6) is 0 Å². The number of unbranched alkanes of at least 4 members (excludes halogenated alkanes) is 2. The summed E-state index contributed by atoms with van der Waals surface area (Å²) in [6, 6.07) is 38.6. The van der Waals surface area contributed by atoms with E-state index in [1.54, 1.807) is 0 Å². The van der Waals surface area contributed by atoms with Crippen molar-refractivity contribution in [2.75, 3.05) is 9.80 Å². The molecule has 0 N–H and O–H groups in total. The van der Waals surface area contributed by atoms with Crippen molar-refractivity contribution in [2.24, 2.45) is 11.8 Å². The van der Waals surface area contributed by atoms with Crippen LogP contribution in [0.1, 0.15) is 176 Å². The first-order chi connectivity index (χ1) is 31.3. The third-order valence-corrected chi connectivity index (χ3v) is 14.6. The van der Waals surface area contributed by atoms with Crippen LogP contribution in [0.15, 0.2) is 97.1 Å². The first-order valence-corrected chi connectivity index (χ1v) is 25.8. The summed E-state index contributed by atoms with van der Waals surface area (Å²) in [5.41, 5.74) is 21.2. The molecule has 2 atom stereocenters. The molecule has 0 heterocycles. The van der Waals surface area contributed by atoms with Gasteiger partial charge in [0.1, 0.15) is 0 Å². The summed E-state index contributed by atoms with van der Waals surface area (Å²) in [7, 11) is 0. The Morgan fingerprint density at radius 1 is 0.409 bits per heavy atom. The molecule has 0 bridgehead atoms. The summed E-state index contributed by atoms with van der Waals surface area (Å²) >= 11 is 0. The monoisotopic (exact) mass is 883 g/mol. The van der Waals surface area contributed by atoms with Crippen LogP contribution in [0, 0.1) is 53.4 Å². The van der Waals surface area contributed by atoms with Gasteiger partial charge in [-0.05, 0) is 181 Å². The van der Waals surface area contributed by atoms with Gasteiger partial charge in [-0.3, -0.25) is 0 Å². The van der Waals surface area contributed by atoms with Crippen LogP contribution >= 0.6 is 0 Å². The third-order valence-electron chi connectivity index (χ3n) is 14.6. The van der Waals surface area contributed by atoms with Gasteiger partial charge >= 0.3 is 0 Å². The predicted molar refractivity (Wildman–Crippen MR) is 293 cm³/mol. The average molecular weight is 883 g/mol. The third kappa shape index (κ3) is 11.6. The Morgan fingerprint density at radius 3 is 1.00 bits per heavy atom. The molecule has 0 saturated carbocycles. The van der Waals surface area contributed by atoms with Crippen molar-refractivity contribution >= 4 is 44.9 Å². The van der Waals surface area contributed by atoms with E-state index in [9.17, 15) is 0 Å². The molecule has 0 radical (unpaired) electrons. The highest BCUT2D eigenvalue weighted by Crippen LogP contribution is 2.47. The Labute approximate surface area is 403 Å². The number of aryl methyl sites for hydroxylation is 6. The molecule has 0 aliphatic rings. The van der Waals surface area contributed by atoms with Crippen LogP contribution in [-0.4, -0.2) is 0 Å². The van der Waals surface area contributed by atoms with Crippen molar-refractivity contribution in [3.8, 4) is 0 Å². The van der Waals surface area contributed by atoms with Gasteiger partial charge in [0, 0.05) is 22.7 Å². The highest BCUT2D eigenvalue weighted by Gasteiger charge is 2.27. The van der Waals surface area contributed by atoms with Gasteiger partial charge in [-0.1, -0.05) is 180 Å². The van der Waals surface area contributed by atoms with E-state index in [1.165, 1.54) is 152 Å². The van der Waals surface area contributed by atoms with Gasteiger partial charge in [0.05, 0.1) is 11.4 Å². The van der Waals surface area contributed by atoms with E-state index in [0.717, 1.165) is 12.8 Å². The van der Waals surface area contributed by atoms with Gasteiger partial charge in [-0.25, -0.2) is 0 Å². The Morgan fingerprint density at radius 2 is 0.727 bits per heavy atom. The molecule has 6 aromatic rings. The molecule has 2 unspecified atom stereocenters.